The number of nitrogens with one attached hydrogen (secondary N) is 1. The maximum Gasteiger partial charge on any atom is 0.316 e. The van der Waals surface area contributed by atoms with Crippen molar-refractivity contribution in [1.82, 2.24) is 25.5 Å². The number of hydrogen-bond donors (Lipinski definition) is 1. The van der Waals surface area contributed by atoms with E-state index in [1.165, 1.54) is 7.05 Å². The van der Waals surface area contributed by atoms with Crippen LogP contribution in [0.15, 0.2) is 23.4 Å². The number of aromatic nitrogens is 4. The predicted octanol–water partition coefficient (Wildman–Crippen LogP) is 0.660. The molecule has 1 heterocycles. The van der Waals surface area contributed by atoms with Gasteiger partial charge < -0.3 is 10.1 Å². The zero-order valence-electron chi connectivity index (χ0n) is 13.1. The summed E-state index contributed by atoms with van der Waals surface area (Å²) in [7, 11) is 1.48. The fourth-order valence-electron chi connectivity index (χ4n) is 1.75. The first kappa shape index (κ1) is 16.9. The van der Waals surface area contributed by atoms with E-state index in [-0.39, 0.29) is 18.3 Å². The lowest BCUT2D eigenvalue weighted by Gasteiger charge is -2.08. The molecule has 1 aromatic heterocycles. The molecule has 122 valence electrons. The maximum atomic E-state index is 11.6. The summed E-state index contributed by atoms with van der Waals surface area (Å²) in [6, 6.07) is 5.96. The number of ether oxygens (including phenoxy) is 1. The Bertz CT molecular complexity index is 716. The number of nitrogens with zero attached hydrogens (tertiary/aromatic N) is 4. The van der Waals surface area contributed by atoms with Crippen molar-refractivity contribution in [3.63, 3.8) is 0 Å². The SMILES string of the molecule is CNC(=O)COC(=O)CSc1nnnn1-c1cc(C)ccc1C. The second-order valence-electron chi connectivity index (χ2n) is 4.79. The first-order chi connectivity index (χ1) is 11.0. The summed E-state index contributed by atoms with van der Waals surface area (Å²) in [6.07, 6.45) is 0. The van der Waals surface area contributed by atoms with E-state index in [0.717, 1.165) is 28.6 Å². The van der Waals surface area contributed by atoms with Gasteiger partial charge in [0.1, 0.15) is 0 Å². The molecule has 1 N–H and O–H groups in total. The minimum absolute atomic E-state index is 0.0161. The highest BCUT2D eigenvalue weighted by atomic mass is 32.2. The molecule has 0 aliphatic rings. The Morgan fingerprint density at radius 1 is 1.35 bits per heavy atom. The first-order valence-electron chi connectivity index (χ1n) is 6.86. The van der Waals surface area contributed by atoms with Crippen LogP contribution in [0.4, 0.5) is 0 Å². The van der Waals surface area contributed by atoms with Crippen LogP contribution in [0, 0.1) is 13.8 Å². The maximum absolute atomic E-state index is 11.6. The zero-order chi connectivity index (χ0) is 16.8. The number of hydrogen-bond acceptors (Lipinski definition) is 7. The highest BCUT2D eigenvalue weighted by molar-refractivity contribution is 7.99. The topological polar surface area (TPSA) is 99.0 Å². The van der Waals surface area contributed by atoms with Crippen LogP contribution >= 0.6 is 11.8 Å². The van der Waals surface area contributed by atoms with Crippen LogP contribution in [0.2, 0.25) is 0 Å². The van der Waals surface area contributed by atoms with Gasteiger partial charge in [-0.3, -0.25) is 9.59 Å². The van der Waals surface area contributed by atoms with Crippen LogP contribution in [0.5, 0.6) is 0 Å². The molecule has 1 amide bonds. The van der Waals surface area contributed by atoms with Crippen molar-refractivity contribution >= 4 is 23.6 Å². The molecule has 0 atom stereocenters. The summed E-state index contributed by atoms with van der Waals surface area (Å²) < 4.78 is 6.41. The molecule has 2 aromatic rings. The van der Waals surface area contributed by atoms with Gasteiger partial charge in [0, 0.05) is 7.05 Å². The number of esters is 1. The van der Waals surface area contributed by atoms with Crippen LogP contribution in [0.3, 0.4) is 0 Å². The number of rotatable bonds is 6. The van der Waals surface area contributed by atoms with Gasteiger partial charge in [-0.2, -0.15) is 4.68 Å². The van der Waals surface area contributed by atoms with Crippen molar-refractivity contribution in [2.24, 2.45) is 0 Å². The highest BCUT2D eigenvalue weighted by Crippen LogP contribution is 2.21. The minimum Gasteiger partial charge on any atom is -0.455 e. The summed E-state index contributed by atoms with van der Waals surface area (Å²) in [6.45, 7) is 3.65. The Morgan fingerprint density at radius 2 is 2.13 bits per heavy atom. The molecule has 0 fully saturated rings. The Labute approximate surface area is 137 Å². The molecule has 9 heteroatoms. The van der Waals surface area contributed by atoms with E-state index < -0.39 is 5.97 Å². The summed E-state index contributed by atoms with van der Waals surface area (Å²) >= 11 is 1.15. The fourth-order valence-corrected chi connectivity index (χ4v) is 2.43. The molecule has 0 unspecified atom stereocenters. The molecular formula is C14H17N5O3S. The molecule has 0 aliphatic heterocycles. The van der Waals surface area contributed by atoms with Crippen molar-refractivity contribution in [3.8, 4) is 5.69 Å². The third-order valence-electron chi connectivity index (χ3n) is 3.00. The molecular weight excluding hydrogens is 318 g/mol. The van der Waals surface area contributed by atoms with Gasteiger partial charge in [-0.05, 0) is 41.5 Å². The monoisotopic (exact) mass is 335 g/mol. The summed E-state index contributed by atoms with van der Waals surface area (Å²) in [4.78, 5) is 22.7. The molecule has 23 heavy (non-hydrogen) atoms. The number of carbonyl (C=O) groups excluding carboxylic acids is 2. The second kappa shape index (κ2) is 7.73. The molecule has 0 aliphatic carbocycles. The number of benzene rings is 1. The van der Waals surface area contributed by atoms with Crippen molar-refractivity contribution in [2.75, 3.05) is 19.4 Å². The molecule has 0 saturated carbocycles. The molecule has 0 radical (unpaired) electrons. The standard InChI is InChI=1S/C14H17N5O3S/c1-9-4-5-10(2)11(6-9)19-14(16-17-18-19)23-8-13(21)22-7-12(20)15-3/h4-6H,7-8H2,1-3H3,(H,15,20). The average Bonchev–Trinajstić information content (AvgIpc) is 3.01. The fraction of sp³-hybridized carbons (Fsp3) is 0.357. The van der Waals surface area contributed by atoms with Crippen LogP contribution in [0.1, 0.15) is 11.1 Å². The highest BCUT2D eigenvalue weighted by Gasteiger charge is 2.14. The molecule has 8 nitrogen and oxygen atoms in total. The van der Waals surface area contributed by atoms with Crippen molar-refractivity contribution in [3.05, 3.63) is 29.3 Å². The summed E-state index contributed by atoms with van der Waals surface area (Å²) in [5.74, 6) is -0.847. The summed E-state index contributed by atoms with van der Waals surface area (Å²) in [5, 5.41) is 14.4. The molecule has 1 aromatic carbocycles. The first-order valence-corrected chi connectivity index (χ1v) is 7.85. The van der Waals surface area contributed by atoms with Crippen molar-refractivity contribution < 1.29 is 14.3 Å². The van der Waals surface area contributed by atoms with Crippen LogP contribution in [-0.2, 0) is 14.3 Å². The van der Waals surface area contributed by atoms with Gasteiger partial charge in [-0.25, -0.2) is 0 Å². The minimum atomic E-state index is -0.505. The number of carbonyl (C=O) groups is 2. The number of aryl methyl sites for hydroxylation is 2. The third-order valence-corrected chi connectivity index (χ3v) is 3.89. The molecule has 2 rings (SSSR count). The molecule has 0 saturated heterocycles. The Kier molecular flexibility index (Phi) is 5.69. The van der Waals surface area contributed by atoms with Gasteiger partial charge in [-0.15, -0.1) is 5.10 Å². The van der Waals surface area contributed by atoms with Gasteiger partial charge in [0.25, 0.3) is 5.91 Å². The van der Waals surface area contributed by atoms with Gasteiger partial charge in [0.05, 0.1) is 11.4 Å². The third kappa shape index (κ3) is 4.52. The normalized spacial score (nSPS) is 10.4. The summed E-state index contributed by atoms with van der Waals surface area (Å²) in [5.41, 5.74) is 2.96. The largest absolute Gasteiger partial charge is 0.455 e. The lowest BCUT2D eigenvalue weighted by Crippen LogP contribution is -2.25. The zero-order valence-corrected chi connectivity index (χ0v) is 13.9. The van der Waals surface area contributed by atoms with Crippen LogP contribution in [-0.4, -0.2) is 51.5 Å². The Balaban J connectivity index is 2.03. The van der Waals surface area contributed by atoms with Gasteiger partial charge in [-0.1, -0.05) is 23.9 Å². The quantitative estimate of drug-likeness (QED) is 0.611. The predicted molar refractivity (Wildman–Crippen MR) is 84.4 cm³/mol. The van der Waals surface area contributed by atoms with E-state index in [0.29, 0.717) is 5.16 Å². The Morgan fingerprint density at radius 3 is 2.87 bits per heavy atom. The number of thioether (sulfide) groups is 1. The van der Waals surface area contributed by atoms with E-state index in [4.69, 9.17) is 4.74 Å². The van der Waals surface area contributed by atoms with Crippen molar-refractivity contribution in [2.45, 2.75) is 19.0 Å². The van der Waals surface area contributed by atoms with Gasteiger partial charge >= 0.3 is 5.97 Å². The lowest BCUT2D eigenvalue weighted by atomic mass is 10.1. The Hall–Kier alpha value is -2.42. The number of amides is 1. The van der Waals surface area contributed by atoms with E-state index in [2.05, 4.69) is 20.8 Å². The smallest absolute Gasteiger partial charge is 0.316 e. The van der Waals surface area contributed by atoms with Crippen LogP contribution < -0.4 is 5.32 Å². The van der Waals surface area contributed by atoms with Gasteiger partial charge in [0.2, 0.25) is 5.16 Å². The van der Waals surface area contributed by atoms with E-state index in [1.54, 1.807) is 4.68 Å². The second-order valence-corrected chi connectivity index (χ2v) is 5.73. The molecule has 0 spiro atoms. The lowest BCUT2D eigenvalue weighted by molar-refractivity contribution is -0.145. The van der Waals surface area contributed by atoms with Gasteiger partial charge in [0.15, 0.2) is 6.61 Å². The van der Waals surface area contributed by atoms with E-state index >= 15 is 0 Å². The average molecular weight is 335 g/mol. The number of tetrazole rings is 1. The van der Waals surface area contributed by atoms with E-state index in [1.807, 2.05) is 32.0 Å². The molecule has 0 bridgehead atoms. The van der Waals surface area contributed by atoms with E-state index in [9.17, 15) is 9.59 Å². The van der Waals surface area contributed by atoms with Crippen molar-refractivity contribution in [1.29, 1.82) is 0 Å². The number of likely N-dealkylation sites (N-methyl/N-ethyl adjacent to an activating group) is 1. The van der Waals surface area contributed by atoms with Crippen LogP contribution in [0.25, 0.3) is 5.69 Å².